The standard InChI is InChI=1S/C13H17N3O5S.ClH/c1-20-11-6-9-10(21-8-13(17)15-9)7-12(11)22(18,19)16-4-2-14-3-5-16;/h6-7,14H,2-5,8H2,1H3,(H,15,17);1H. The first-order chi connectivity index (χ1) is 10.5. The van der Waals surface area contributed by atoms with Crippen LogP contribution < -0.4 is 20.1 Å². The average Bonchev–Trinajstić information content (AvgIpc) is 2.54. The van der Waals surface area contributed by atoms with E-state index in [1.54, 1.807) is 0 Å². The quantitative estimate of drug-likeness (QED) is 0.787. The molecule has 0 radical (unpaired) electrons. The van der Waals surface area contributed by atoms with Gasteiger partial charge in [0.2, 0.25) is 10.0 Å². The molecule has 0 bridgehead atoms. The number of nitrogens with zero attached hydrogens (tertiary/aromatic N) is 1. The number of rotatable bonds is 3. The van der Waals surface area contributed by atoms with Crippen LogP contribution in [0.3, 0.4) is 0 Å². The van der Waals surface area contributed by atoms with Gasteiger partial charge in [0.25, 0.3) is 5.91 Å². The van der Waals surface area contributed by atoms with Gasteiger partial charge in [-0.05, 0) is 0 Å². The van der Waals surface area contributed by atoms with Gasteiger partial charge in [-0.15, -0.1) is 12.4 Å². The molecule has 1 fully saturated rings. The number of piperazine rings is 1. The number of ether oxygens (including phenoxy) is 2. The molecule has 1 saturated heterocycles. The predicted octanol–water partition coefficient (Wildman–Crippen LogP) is 0.0418. The van der Waals surface area contributed by atoms with Crippen molar-refractivity contribution in [2.75, 3.05) is 45.2 Å². The number of carbonyl (C=O) groups excluding carboxylic acids is 1. The highest BCUT2D eigenvalue weighted by Gasteiger charge is 2.31. The summed E-state index contributed by atoms with van der Waals surface area (Å²) in [6.45, 7) is 1.89. The van der Waals surface area contributed by atoms with Gasteiger partial charge in [-0.3, -0.25) is 4.79 Å². The number of anilines is 1. The Morgan fingerprint density at radius 3 is 2.61 bits per heavy atom. The smallest absolute Gasteiger partial charge is 0.262 e. The number of hydrogen-bond acceptors (Lipinski definition) is 6. The molecule has 3 rings (SSSR count). The van der Waals surface area contributed by atoms with Crippen molar-refractivity contribution >= 4 is 34.0 Å². The van der Waals surface area contributed by atoms with Crippen LogP contribution in [0, 0.1) is 0 Å². The highest BCUT2D eigenvalue weighted by molar-refractivity contribution is 7.89. The minimum absolute atomic E-state index is 0. The number of fused-ring (bicyclic) bond motifs is 1. The molecule has 0 aromatic heterocycles. The molecule has 0 spiro atoms. The van der Waals surface area contributed by atoms with Crippen molar-refractivity contribution in [1.82, 2.24) is 9.62 Å². The first-order valence-corrected chi connectivity index (χ1v) is 8.32. The molecule has 2 N–H and O–H groups in total. The Bertz CT molecular complexity index is 704. The van der Waals surface area contributed by atoms with Crippen LogP contribution in [-0.2, 0) is 14.8 Å². The predicted molar refractivity (Wildman–Crippen MR) is 86.0 cm³/mol. The lowest BCUT2D eigenvalue weighted by atomic mass is 10.2. The topological polar surface area (TPSA) is 97.0 Å². The Balaban J connectivity index is 0.00000192. The zero-order valence-electron chi connectivity index (χ0n) is 12.5. The third-order valence-corrected chi connectivity index (χ3v) is 5.51. The van der Waals surface area contributed by atoms with Gasteiger partial charge in [-0.2, -0.15) is 4.31 Å². The summed E-state index contributed by atoms with van der Waals surface area (Å²) < 4.78 is 37.5. The number of amides is 1. The second-order valence-electron chi connectivity index (χ2n) is 4.99. The van der Waals surface area contributed by atoms with Gasteiger partial charge < -0.3 is 20.1 Å². The molecule has 2 aliphatic heterocycles. The van der Waals surface area contributed by atoms with E-state index in [-0.39, 0.29) is 35.6 Å². The molecule has 1 amide bonds. The van der Waals surface area contributed by atoms with Crippen LogP contribution in [-0.4, -0.2) is 58.5 Å². The van der Waals surface area contributed by atoms with Crippen LogP contribution in [0.15, 0.2) is 17.0 Å². The summed E-state index contributed by atoms with van der Waals surface area (Å²) in [4.78, 5) is 11.4. The third-order valence-electron chi connectivity index (χ3n) is 3.59. The van der Waals surface area contributed by atoms with Crippen molar-refractivity contribution in [3.05, 3.63) is 12.1 Å². The number of methoxy groups -OCH3 is 1. The normalized spacial score (nSPS) is 18.2. The minimum atomic E-state index is -3.68. The Morgan fingerprint density at radius 1 is 1.26 bits per heavy atom. The van der Waals surface area contributed by atoms with Crippen LogP contribution in [0.5, 0.6) is 11.5 Å². The Labute approximate surface area is 140 Å². The van der Waals surface area contributed by atoms with Crippen LogP contribution in [0.25, 0.3) is 0 Å². The van der Waals surface area contributed by atoms with E-state index in [0.717, 1.165) is 0 Å². The first kappa shape index (κ1) is 17.8. The van der Waals surface area contributed by atoms with E-state index >= 15 is 0 Å². The Kier molecular flexibility index (Phi) is 5.35. The zero-order valence-corrected chi connectivity index (χ0v) is 14.1. The number of halogens is 1. The van der Waals surface area contributed by atoms with Gasteiger partial charge in [0.05, 0.1) is 12.8 Å². The summed E-state index contributed by atoms with van der Waals surface area (Å²) >= 11 is 0. The lowest BCUT2D eigenvalue weighted by Gasteiger charge is -2.28. The number of nitrogens with one attached hydrogen (secondary N) is 2. The summed E-state index contributed by atoms with van der Waals surface area (Å²) in [5.74, 6) is 0.226. The van der Waals surface area contributed by atoms with Crippen LogP contribution in [0.2, 0.25) is 0 Å². The molecule has 23 heavy (non-hydrogen) atoms. The maximum Gasteiger partial charge on any atom is 0.262 e. The maximum absolute atomic E-state index is 12.8. The molecule has 0 atom stereocenters. The van der Waals surface area contributed by atoms with Crippen molar-refractivity contribution < 1.29 is 22.7 Å². The molecule has 0 unspecified atom stereocenters. The summed E-state index contributed by atoms with van der Waals surface area (Å²) in [5, 5.41) is 5.74. The van der Waals surface area contributed by atoms with Crippen LogP contribution >= 0.6 is 12.4 Å². The van der Waals surface area contributed by atoms with Crippen LogP contribution in [0.4, 0.5) is 5.69 Å². The van der Waals surface area contributed by atoms with E-state index in [4.69, 9.17) is 9.47 Å². The van der Waals surface area contributed by atoms with E-state index in [0.29, 0.717) is 37.6 Å². The maximum atomic E-state index is 12.8. The van der Waals surface area contributed by atoms with Crippen LogP contribution in [0.1, 0.15) is 0 Å². The summed E-state index contributed by atoms with van der Waals surface area (Å²) in [7, 11) is -2.28. The van der Waals surface area contributed by atoms with E-state index in [9.17, 15) is 13.2 Å². The van der Waals surface area contributed by atoms with Gasteiger partial charge in [0.1, 0.15) is 16.4 Å². The summed E-state index contributed by atoms with van der Waals surface area (Å²) in [6.07, 6.45) is 0. The van der Waals surface area contributed by atoms with Crippen molar-refractivity contribution in [2.24, 2.45) is 0 Å². The van der Waals surface area contributed by atoms with Crippen molar-refractivity contribution in [1.29, 1.82) is 0 Å². The SMILES string of the molecule is COc1cc2c(cc1S(=O)(=O)N1CCNCC1)OCC(=O)N2.Cl. The Hall–Kier alpha value is -1.55. The summed E-state index contributed by atoms with van der Waals surface area (Å²) in [5.41, 5.74) is 0.410. The lowest BCUT2D eigenvalue weighted by molar-refractivity contribution is -0.118. The highest BCUT2D eigenvalue weighted by atomic mass is 35.5. The molecule has 128 valence electrons. The molecule has 0 aliphatic carbocycles. The van der Waals surface area contributed by atoms with Crippen molar-refractivity contribution in [3.63, 3.8) is 0 Å². The average molecular weight is 364 g/mol. The molecule has 1 aromatic rings. The monoisotopic (exact) mass is 363 g/mol. The fourth-order valence-corrected chi connectivity index (χ4v) is 4.07. The fourth-order valence-electron chi connectivity index (χ4n) is 2.47. The Morgan fingerprint density at radius 2 is 1.96 bits per heavy atom. The molecular weight excluding hydrogens is 346 g/mol. The molecule has 10 heteroatoms. The fraction of sp³-hybridized carbons (Fsp3) is 0.462. The number of benzene rings is 1. The second kappa shape index (κ2) is 6.91. The van der Waals surface area contributed by atoms with E-state index in [2.05, 4.69) is 10.6 Å². The largest absolute Gasteiger partial charge is 0.495 e. The van der Waals surface area contributed by atoms with E-state index < -0.39 is 10.0 Å². The van der Waals surface area contributed by atoms with Gasteiger partial charge in [0, 0.05) is 38.3 Å². The zero-order chi connectivity index (χ0) is 15.7. The molecule has 2 aliphatic rings. The number of sulfonamides is 1. The number of carbonyl (C=O) groups is 1. The van der Waals surface area contributed by atoms with E-state index in [1.165, 1.54) is 23.5 Å². The number of hydrogen-bond donors (Lipinski definition) is 2. The highest BCUT2D eigenvalue weighted by Crippen LogP contribution is 2.38. The van der Waals surface area contributed by atoms with Gasteiger partial charge in [-0.25, -0.2) is 8.42 Å². The first-order valence-electron chi connectivity index (χ1n) is 6.88. The van der Waals surface area contributed by atoms with E-state index in [1.807, 2.05) is 0 Å². The minimum Gasteiger partial charge on any atom is -0.495 e. The third kappa shape index (κ3) is 3.37. The van der Waals surface area contributed by atoms with Crippen molar-refractivity contribution in [2.45, 2.75) is 4.90 Å². The molecular formula is C13H18ClN3O5S. The van der Waals surface area contributed by atoms with Gasteiger partial charge >= 0.3 is 0 Å². The second-order valence-corrected chi connectivity index (χ2v) is 6.90. The van der Waals surface area contributed by atoms with Gasteiger partial charge in [-0.1, -0.05) is 0 Å². The molecule has 0 saturated carbocycles. The van der Waals surface area contributed by atoms with Crippen molar-refractivity contribution in [3.8, 4) is 11.5 Å². The lowest BCUT2D eigenvalue weighted by Crippen LogP contribution is -2.46. The van der Waals surface area contributed by atoms with Gasteiger partial charge in [0.15, 0.2) is 6.61 Å². The molecule has 1 aromatic carbocycles. The summed E-state index contributed by atoms with van der Waals surface area (Å²) in [6, 6.07) is 2.88. The molecule has 2 heterocycles. The molecule has 8 nitrogen and oxygen atoms in total.